The van der Waals surface area contributed by atoms with E-state index in [1.165, 1.54) is 12.8 Å². The molecule has 138 valence electrons. The zero-order valence-electron chi connectivity index (χ0n) is 15.2. The van der Waals surface area contributed by atoms with E-state index >= 15 is 0 Å². The van der Waals surface area contributed by atoms with Crippen molar-refractivity contribution in [1.82, 2.24) is 9.88 Å². The van der Waals surface area contributed by atoms with Gasteiger partial charge in [-0.1, -0.05) is 48.7 Å². The summed E-state index contributed by atoms with van der Waals surface area (Å²) in [6, 6.07) is 10.2. The lowest BCUT2D eigenvalue weighted by Gasteiger charge is -2.34. The van der Waals surface area contributed by atoms with Gasteiger partial charge in [-0.2, -0.15) is 0 Å². The zero-order valence-corrected chi connectivity index (χ0v) is 15.9. The Morgan fingerprint density at radius 1 is 1.00 bits per heavy atom. The summed E-state index contributed by atoms with van der Waals surface area (Å²) in [6.45, 7) is 3.62. The molecule has 2 fully saturated rings. The summed E-state index contributed by atoms with van der Waals surface area (Å²) in [5, 5.41) is 2.66. The lowest BCUT2D eigenvalue weighted by Crippen LogP contribution is -2.43. The second kappa shape index (κ2) is 7.83. The first-order valence-corrected chi connectivity index (χ1v) is 10.2. The van der Waals surface area contributed by atoms with Gasteiger partial charge >= 0.3 is 0 Å². The van der Waals surface area contributed by atoms with Crippen LogP contribution >= 0.6 is 11.6 Å². The molecule has 2 aliphatic rings. The average Bonchev–Trinajstić information content (AvgIpc) is 2.97. The zero-order chi connectivity index (χ0) is 17.9. The van der Waals surface area contributed by atoms with Gasteiger partial charge in [0.05, 0.1) is 0 Å². The van der Waals surface area contributed by atoms with Crippen LogP contribution in [0, 0.1) is 5.92 Å². The number of carbonyl (C=O) groups is 1. The lowest BCUT2D eigenvalue weighted by atomic mass is 9.95. The van der Waals surface area contributed by atoms with Gasteiger partial charge in [0.15, 0.2) is 0 Å². The molecule has 4 nitrogen and oxygen atoms in total. The van der Waals surface area contributed by atoms with Crippen molar-refractivity contribution in [3.05, 3.63) is 35.5 Å². The second-order valence-corrected chi connectivity index (χ2v) is 7.85. The highest BCUT2D eigenvalue weighted by molar-refractivity contribution is 6.34. The number of benzene rings is 1. The van der Waals surface area contributed by atoms with Crippen molar-refractivity contribution in [2.24, 2.45) is 5.92 Å². The molecule has 0 aliphatic carbocycles. The molecule has 3 heterocycles. The predicted octanol–water partition coefficient (Wildman–Crippen LogP) is 4.51. The first kappa shape index (κ1) is 17.6. The molecule has 26 heavy (non-hydrogen) atoms. The van der Waals surface area contributed by atoms with E-state index in [0.717, 1.165) is 68.5 Å². The average molecular weight is 372 g/mol. The number of amides is 1. The number of halogens is 1. The molecular weight excluding hydrogens is 346 g/mol. The van der Waals surface area contributed by atoms with Gasteiger partial charge in [0.2, 0.25) is 5.91 Å². The van der Waals surface area contributed by atoms with Gasteiger partial charge in [-0.05, 0) is 37.1 Å². The molecular formula is C21H26ClN3O. The summed E-state index contributed by atoms with van der Waals surface area (Å²) >= 11 is 6.38. The van der Waals surface area contributed by atoms with Crippen LogP contribution in [0.2, 0.25) is 5.15 Å². The van der Waals surface area contributed by atoms with E-state index in [-0.39, 0.29) is 5.92 Å². The highest BCUT2D eigenvalue weighted by atomic mass is 35.5. The summed E-state index contributed by atoms with van der Waals surface area (Å²) < 4.78 is 0. The molecule has 0 N–H and O–H groups in total. The van der Waals surface area contributed by atoms with Gasteiger partial charge in [0.25, 0.3) is 0 Å². The first-order chi connectivity index (χ1) is 12.7. The number of likely N-dealkylation sites (tertiary alicyclic amines) is 1. The van der Waals surface area contributed by atoms with Gasteiger partial charge in [-0.3, -0.25) is 4.79 Å². The molecule has 2 aromatic rings. The quantitative estimate of drug-likeness (QED) is 0.729. The lowest BCUT2D eigenvalue weighted by molar-refractivity contribution is -0.136. The van der Waals surface area contributed by atoms with E-state index in [4.69, 9.17) is 11.6 Å². The fourth-order valence-electron chi connectivity index (χ4n) is 4.21. The molecule has 0 spiro atoms. The Bertz CT molecular complexity index is 778. The largest absolute Gasteiger partial charge is 0.357 e. The maximum absolute atomic E-state index is 12.8. The topological polar surface area (TPSA) is 36.4 Å². The minimum Gasteiger partial charge on any atom is -0.357 e. The Labute approximate surface area is 160 Å². The molecule has 1 amide bonds. The van der Waals surface area contributed by atoms with Crippen molar-refractivity contribution >= 4 is 34.1 Å². The summed E-state index contributed by atoms with van der Waals surface area (Å²) in [7, 11) is 0. The van der Waals surface area contributed by atoms with Crippen LogP contribution in [0.25, 0.3) is 10.8 Å². The van der Waals surface area contributed by atoms with Gasteiger partial charge in [0, 0.05) is 37.5 Å². The number of pyridine rings is 1. The van der Waals surface area contributed by atoms with E-state index in [9.17, 15) is 4.79 Å². The van der Waals surface area contributed by atoms with Gasteiger partial charge in [-0.15, -0.1) is 0 Å². The van der Waals surface area contributed by atoms with Crippen LogP contribution in [0.3, 0.4) is 0 Å². The summed E-state index contributed by atoms with van der Waals surface area (Å²) in [6.07, 6.45) is 6.64. The number of fused-ring (bicyclic) bond motifs is 1. The molecule has 0 atom stereocenters. The first-order valence-electron chi connectivity index (χ1n) is 9.81. The predicted molar refractivity (Wildman–Crippen MR) is 107 cm³/mol. The molecule has 0 bridgehead atoms. The molecule has 0 unspecified atom stereocenters. The third kappa shape index (κ3) is 3.66. The Morgan fingerprint density at radius 3 is 2.42 bits per heavy atom. The number of hydrogen-bond donors (Lipinski definition) is 0. The van der Waals surface area contributed by atoms with Crippen LogP contribution in [0.15, 0.2) is 30.3 Å². The van der Waals surface area contributed by atoms with Crippen LogP contribution in [-0.4, -0.2) is 42.0 Å². The van der Waals surface area contributed by atoms with Gasteiger partial charge in [-0.25, -0.2) is 4.98 Å². The van der Waals surface area contributed by atoms with E-state index in [1.54, 1.807) is 0 Å². The third-order valence-electron chi connectivity index (χ3n) is 5.77. The Hall–Kier alpha value is -1.81. The van der Waals surface area contributed by atoms with Crippen LogP contribution in [0.4, 0.5) is 5.82 Å². The molecule has 5 heteroatoms. The van der Waals surface area contributed by atoms with Crippen molar-refractivity contribution < 1.29 is 4.79 Å². The van der Waals surface area contributed by atoms with E-state index in [2.05, 4.69) is 26.9 Å². The number of anilines is 1. The van der Waals surface area contributed by atoms with Crippen LogP contribution in [-0.2, 0) is 4.79 Å². The van der Waals surface area contributed by atoms with E-state index in [1.807, 2.05) is 18.2 Å². The number of hydrogen-bond acceptors (Lipinski definition) is 3. The fraction of sp³-hybridized carbons (Fsp3) is 0.524. The minimum atomic E-state index is 0.167. The number of rotatable bonds is 2. The third-order valence-corrected chi connectivity index (χ3v) is 6.05. The van der Waals surface area contributed by atoms with Gasteiger partial charge < -0.3 is 9.80 Å². The maximum atomic E-state index is 12.8. The van der Waals surface area contributed by atoms with Crippen LogP contribution in [0.1, 0.15) is 38.5 Å². The molecule has 2 aliphatic heterocycles. The standard InChI is InChI=1S/C21H26ClN3O/c22-20-18-8-4-3-7-17(18)15-19(23-20)24-13-9-16(10-14-24)21(26)25-11-5-1-2-6-12-25/h3-4,7-8,15-16H,1-2,5-6,9-14H2. The van der Waals surface area contributed by atoms with Crippen LogP contribution in [0.5, 0.6) is 0 Å². The monoisotopic (exact) mass is 371 g/mol. The number of nitrogens with zero attached hydrogens (tertiary/aromatic N) is 3. The molecule has 0 radical (unpaired) electrons. The van der Waals surface area contributed by atoms with Crippen molar-refractivity contribution in [1.29, 1.82) is 0 Å². The normalized spacial score (nSPS) is 19.6. The van der Waals surface area contributed by atoms with E-state index in [0.29, 0.717) is 11.1 Å². The highest BCUT2D eigenvalue weighted by Gasteiger charge is 2.29. The van der Waals surface area contributed by atoms with E-state index < -0.39 is 0 Å². The van der Waals surface area contributed by atoms with Crippen molar-refractivity contribution in [3.8, 4) is 0 Å². The second-order valence-electron chi connectivity index (χ2n) is 7.49. The molecule has 1 aromatic heterocycles. The Kier molecular flexibility index (Phi) is 5.30. The van der Waals surface area contributed by atoms with Crippen molar-refractivity contribution in [3.63, 3.8) is 0 Å². The number of aromatic nitrogens is 1. The maximum Gasteiger partial charge on any atom is 0.225 e. The Balaban J connectivity index is 1.42. The van der Waals surface area contributed by atoms with Crippen LogP contribution < -0.4 is 4.90 Å². The number of piperidine rings is 1. The molecule has 4 rings (SSSR count). The molecule has 0 saturated carbocycles. The van der Waals surface area contributed by atoms with Gasteiger partial charge in [0.1, 0.15) is 11.0 Å². The summed E-state index contributed by atoms with van der Waals surface area (Å²) in [4.78, 5) is 21.8. The SMILES string of the molecule is O=C(C1CCN(c2cc3ccccc3c(Cl)n2)CC1)N1CCCCCC1. The minimum absolute atomic E-state index is 0.167. The fourth-order valence-corrected chi connectivity index (χ4v) is 4.47. The number of carbonyl (C=O) groups excluding carboxylic acids is 1. The molecule has 2 saturated heterocycles. The van der Waals surface area contributed by atoms with Crippen molar-refractivity contribution in [2.45, 2.75) is 38.5 Å². The Morgan fingerprint density at radius 2 is 1.69 bits per heavy atom. The van der Waals surface area contributed by atoms with Crippen molar-refractivity contribution in [2.75, 3.05) is 31.1 Å². The smallest absolute Gasteiger partial charge is 0.225 e. The molecule has 1 aromatic carbocycles. The summed E-state index contributed by atoms with van der Waals surface area (Å²) in [5.41, 5.74) is 0. The summed E-state index contributed by atoms with van der Waals surface area (Å²) in [5.74, 6) is 1.46. The highest BCUT2D eigenvalue weighted by Crippen LogP contribution is 2.29.